The first-order chi connectivity index (χ1) is 7.70. The van der Waals surface area contributed by atoms with Gasteiger partial charge in [-0.25, -0.2) is 4.79 Å². The van der Waals surface area contributed by atoms with E-state index in [1.54, 1.807) is 13.1 Å². The maximum atomic E-state index is 11.5. The summed E-state index contributed by atoms with van der Waals surface area (Å²) in [5, 5.41) is 0.956. The van der Waals surface area contributed by atoms with Crippen molar-refractivity contribution in [3.8, 4) is 0 Å². The Morgan fingerprint density at radius 3 is 3.00 bits per heavy atom. The number of esters is 1. The molecule has 0 aliphatic heterocycles. The number of pyridine rings is 1. The van der Waals surface area contributed by atoms with Crippen LogP contribution in [0.5, 0.6) is 0 Å². The van der Waals surface area contributed by atoms with Crippen molar-refractivity contribution in [1.82, 2.24) is 4.98 Å². The summed E-state index contributed by atoms with van der Waals surface area (Å²) in [4.78, 5) is 15.7. The van der Waals surface area contributed by atoms with Crippen LogP contribution in [-0.4, -0.2) is 17.6 Å². The predicted octanol–water partition coefficient (Wildman–Crippen LogP) is 3.02. The Labute approximate surface area is 107 Å². The van der Waals surface area contributed by atoms with Crippen LogP contribution in [0.4, 0.5) is 0 Å². The van der Waals surface area contributed by atoms with Gasteiger partial charge in [-0.05, 0) is 53.8 Å². The second kappa shape index (κ2) is 4.78. The van der Waals surface area contributed by atoms with Gasteiger partial charge in [0.25, 0.3) is 0 Å². The molecular formula is C12H10INO2. The molecule has 0 bridgehead atoms. The zero-order valence-corrected chi connectivity index (χ0v) is 10.9. The fourth-order valence-electron chi connectivity index (χ4n) is 1.43. The number of carbonyl (C=O) groups is 1. The molecule has 0 atom stereocenters. The highest BCUT2D eigenvalue weighted by molar-refractivity contribution is 14.1. The molecule has 1 heterocycles. The molecule has 0 saturated heterocycles. The summed E-state index contributed by atoms with van der Waals surface area (Å²) in [6.45, 7) is 2.17. The minimum absolute atomic E-state index is 0.323. The Morgan fingerprint density at radius 1 is 1.44 bits per heavy atom. The highest BCUT2D eigenvalue weighted by Crippen LogP contribution is 2.17. The van der Waals surface area contributed by atoms with Gasteiger partial charge in [0, 0.05) is 15.2 Å². The third-order valence-corrected chi connectivity index (χ3v) is 2.83. The first kappa shape index (κ1) is 11.3. The number of hydrogen-bond acceptors (Lipinski definition) is 3. The van der Waals surface area contributed by atoms with Gasteiger partial charge in [-0.3, -0.25) is 4.98 Å². The smallest absolute Gasteiger partial charge is 0.339 e. The van der Waals surface area contributed by atoms with E-state index in [2.05, 4.69) is 27.6 Å². The van der Waals surface area contributed by atoms with Crippen LogP contribution in [-0.2, 0) is 4.74 Å². The molecule has 0 unspecified atom stereocenters. The van der Waals surface area contributed by atoms with Crippen LogP contribution >= 0.6 is 22.6 Å². The van der Waals surface area contributed by atoms with E-state index in [1.807, 2.05) is 24.3 Å². The van der Waals surface area contributed by atoms with Gasteiger partial charge in [0.1, 0.15) is 0 Å². The highest BCUT2D eigenvalue weighted by Gasteiger charge is 2.07. The minimum Gasteiger partial charge on any atom is -0.462 e. The molecule has 0 N–H and O–H groups in total. The average molecular weight is 327 g/mol. The van der Waals surface area contributed by atoms with Crippen molar-refractivity contribution in [3.63, 3.8) is 0 Å². The summed E-state index contributed by atoms with van der Waals surface area (Å²) in [5.41, 5.74) is 1.38. The minimum atomic E-state index is -0.323. The summed E-state index contributed by atoms with van der Waals surface area (Å²) in [6, 6.07) is 7.72. The second-order valence-corrected chi connectivity index (χ2v) is 4.53. The number of aromatic nitrogens is 1. The molecular weight excluding hydrogens is 317 g/mol. The Hall–Kier alpha value is -1.17. The quantitative estimate of drug-likeness (QED) is 0.629. The molecule has 1 aromatic carbocycles. The molecule has 2 rings (SSSR count). The van der Waals surface area contributed by atoms with E-state index in [-0.39, 0.29) is 5.97 Å². The van der Waals surface area contributed by atoms with Gasteiger partial charge >= 0.3 is 5.97 Å². The monoisotopic (exact) mass is 327 g/mol. The second-order valence-electron chi connectivity index (χ2n) is 3.28. The number of hydrogen-bond donors (Lipinski definition) is 0. The molecule has 0 aliphatic rings. The largest absolute Gasteiger partial charge is 0.462 e. The van der Waals surface area contributed by atoms with Gasteiger partial charge in [0.2, 0.25) is 0 Å². The first-order valence-electron chi connectivity index (χ1n) is 4.93. The molecule has 0 amide bonds. The van der Waals surface area contributed by atoms with Crippen molar-refractivity contribution in [3.05, 3.63) is 39.6 Å². The standard InChI is InChI=1S/C12H10INO2/c1-2-16-12(15)9-5-8-6-10(13)3-4-11(8)14-7-9/h3-7H,2H2,1H3. The third kappa shape index (κ3) is 2.32. The van der Waals surface area contributed by atoms with E-state index in [1.165, 1.54) is 0 Å². The zero-order chi connectivity index (χ0) is 11.5. The Bertz CT molecular complexity index is 540. The molecule has 0 fully saturated rings. The summed E-state index contributed by atoms with van der Waals surface area (Å²) >= 11 is 2.23. The van der Waals surface area contributed by atoms with Crippen LogP contribution in [0, 0.1) is 3.57 Å². The van der Waals surface area contributed by atoms with E-state index in [9.17, 15) is 4.79 Å². The van der Waals surface area contributed by atoms with E-state index in [0.29, 0.717) is 12.2 Å². The first-order valence-corrected chi connectivity index (χ1v) is 6.01. The van der Waals surface area contributed by atoms with Gasteiger partial charge < -0.3 is 4.74 Å². The maximum absolute atomic E-state index is 11.5. The Kier molecular flexibility index (Phi) is 3.38. The Balaban J connectivity index is 2.46. The van der Waals surface area contributed by atoms with Crippen LogP contribution in [0.25, 0.3) is 10.9 Å². The lowest BCUT2D eigenvalue weighted by Gasteiger charge is -2.03. The zero-order valence-electron chi connectivity index (χ0n) is 8.74. The van der Waals surface area contributed by atoms with Crippen molar-refractivity contribution in [2.75, 3.05) is 6.61 Å². The summed E-state index contributed by atoms with van der Waals surface area (Å²) in [7, 11) is 0. The fourth-order valence-corrected chi connectivity index (χ4v) is 1.94. The van der Waals surface area contributed by atoms with Gasteiger partial charge in [0.05, 0.1) is 17.7 Å². The van der Waals surface area contributed by atoms with Gasteiger partial charge in [0.15, 0.2) is 0 Å². The van der Waals surface area contributed by atoms with Gasteiger partial charge in [-0.15, -0.1) is 0 Å². The van der Waals surface area contributed by atoms with Crippen molar-refractivity contribution in [1.29, 1.82) is 0 Å². The summed E-state index contributed by atoms with van der Waals surface area (Å²) in [6.07, 6.45) is 1.55. The van der Waals surface area contributed by atoms with Crippen LogP contribution in [0.3, 0.4) is 0 Å². The van der Waals surface area contributed by atoms with Crippen LogP contribution < -0.4 is 0 Å². The van der Waals surface area contributed by atoms with Crippen LogP contribution in [0.2, 0.25) is 0 Å². The molecule has 16 heavy (non-hydrogen) atoms. The number of carbonyl (C=O) groups excluding carboxylic acids is 1. The van der Waals surface area contributed by atoms with Gasteiger partial charge in [-0.1, -0.05) is 0 Å². The average Bonchev–Trinajstić information content (AvgIpc) is 2.28. The SMILES string of the molecule is CCOC(=O)c1cnc2ccc(I)cc2c1. The number of nitrogens with zero attached hydrogens (tertiary/aromatic N) is 1. The normalized spacial score (nSPS) is 10.4. The van der Waals surface area contributed by atoms with Crippen LogP contribution in [0.15, 0.2) is 30.5 Å². The number of fused-ring (bicyclic) bond motifs is 1. The van der Waals surface area contributed by atoms with E-state index < -0.39 is 0 Å². The number of halogens is 1. The molecule has 0 radical (unpaired) electrons. The number of ether oxygens (including phenoxy) is 1. The van der Waals surface area contributed by atoms with Crippen molar-refractivity contribution in [2.24, 2.45) is 0 Å². The molecule has 0 aliphatic carbocycles. The maximum Gasteiger partial charge on any atom is 0.339 e. The lowest BCUT2D eigenvalue weighted by atomic mass is 10.1. The van der Waals surface area contributed by atoms with E-state index in [0.717, 1.165) is 14.5 Å². The van der Waals surface area contributed by atoms with Crippen molar-refractivity contribution < 1.29 is 9.53 Å². The highest BCUT2D eigenvalue weighted by atomic mass is 127. The molecule has 2 aromatic rings. The molecule has 0 spiro atoms. The third-order valence-electron chi connectivity index (χ3n) is 2.15. The molecule has 1 aromatic heterocycles. The predicted molar refractivity (Wildman–Crippen MR) is 70.4 cm³/mol. The Morgan fingerprint density at radius 2 is 2.25 bits per heavy atom. The molecule has 82 valence electrons. The lowest BCUT2D eigenvalue weighted by Crippen LogP contribution is -2.04. The van der Waals surface area contributed by atoms with Crippen molar-refractivity contribution in [2.45, 2.75) is 6.92 Å². The van der Waals surface area contributed by atoms with Crippen molar-refractivity contribution >= 4 is 39.5 Å². The van der Waals surface area contributed by atoms with E-state index >= 15 is 0 Å². The number of benzene rings is 1. The van der Waals surface area contributed by atoms with Gasteiger partial charge in [-0.2, -0.15) is 0 Å². The molecule has 0 saturated carbocycles. The van der Waals surface area contributed by atoms with E-state index in [4.69, 9.17) is 4.74 Å². The fraction of sp³-hybridized carbons (Fsp3) is 0.167. The molecule has 4 heteroatoms. The van der Waals surface area contributed by atoms with Crippen LogP contribution in [0.1, 0.15) is 17.3 Å². The summed E-state index contributed by atoms with van der Waals surface area (Å²) in [5.74, 6) is -0.323. The topological polar surface area (TPSA) is 39.2 Å². The lowest BCUT2D eigenvalue weighted by molar-refractivity contribution is 0.0526. The summed E-state index contributed by atoms with van der Waals surface area (Å²) < 4.78 is 6.04. The number of rotatable bonds is 2. The molecule has 3 nitrogen and oxygen atoms in total.